The lowest BCUT2D eigenvalue weighted by Gasteiger charge is -2.11. The van der Waals surface area contributed by atoms with Gasteiger partial charge in [0, 0.05) is 0 Å². The van der Waals surface area contributed by atoms with Gasteiger partial charge < -0.3 is 4.74 Å². The first-order valence-corrected chi connectivity index (χ1v) is 5.65. The fraction of sp³-hybridized carbons (Fsp3) is 0. The van der Waals surface area contributed by atoms with Crippen molar-refractivity contribution < 1.29 is 26.7 Å². The van der Waals surface area contributed by atoms with Gasteiger partial charge in [0.05, 0.1) is 11.1 Å². The zero-order valence-electron chi connectivity index (χ0n) is 9.21. The SMILES string of the molecule is Fc1[c]c(F)c(F)c(Oc2ccc(F)c(Cl)c2Cl)c1F. The Balaban J connectivity index is 2.54. The Morgan fingerprint density at radius 2 is 1.40 bits per heavy atom. The van der Waals surface area contributed by atoms with Crippen LogP contribution in [0.5, 0.6) is 11.5 Å². The summed E-state index contributed by atoms with van der Waals surface area (Å²) in [6.07, 6.45) is 0. The summed E-state index contributed by atoms with van der Waals surface area (Å²) in [6.45, 7) is 0. The Bertz CT molecular complexity index is 664. The maximum absolute atomic E-state index is 13.4. The summed E-state index contributed by atoms with van der Waals surface area (Å²) in [5, 5.41) is -1.06. The third-order valence-electron chi connectivity index (χ3n) is 2.22. The van der Waals surface area contributed by atoms with Crippen molar-refractivity contribution in [3.63, 3.8) is 0 Å². The number of rotatable bonds is 2. The predicted molar refractivity (Wildman–Crippen MR) is 61.6 cm³/mol. The van der Waals surface area contributed by atoms with Crippen LogP contribution in [0.25, 0.3) is 0 Å². The van der Waals surface area contributed by atoms with Crippen LogP contribution in [0.3, 0.4) is 0 Å². The molecule has 0 saturated carbocycles. The van der Waals surface area contributed by atoms with Crippen LogP contribution >= 0.6 is 23.2 Å². The van der Waals surface area contributed by atoms with Gasteiger partial charge in [-0.1, -0.05) is 23.2 Å². The van der Waals surface area contributed by atoms with Crippen LogP contribution < -0.4 is 4.74 Å². The maximum Gasteiger partial charge on any atom is 0.205 e. The molecule has 2 aromatic carbocycles. The summed E-state index contributed by atoms with van der Waals surface area (Å²) >= 11 is 11.1. The van der Waals surface area contributed by atoms with E-state index in [0.29, 0.717) is 0 Å². The lowest BCUT2D eigenvalue weighted by atomic mass is 10.3. The lowest BCUT2D eigenvalue weighted by molar-refractivity contribution is 0.364. The van der Waals surface area contributed by atoms with Gasteiger partial charge in [-0.2, -0.15) is 8.78 Å². The summed E-state index contributed by atoms with van der Waals surface area (Å²) < 4.78 is 70.2. The van der Waals surface area contributed by atoms with Gasteiger partial charge in [0.15, 0.2) is 11.6 Å². The fourth-order valence-corrected chi connectivity index (χ4v) is 1.64. The number of hydrogen-bond donors (Lipinski definition) is 0. The summed E-state index contributed by atoms with van der Waals surface area (Å²) in [7, 11) is 0. The maximum atomic E-state index is 13.4. The van der Waals surface area contributed by atoms with Crippen molar-refractivity contribution in [1.82, 2.24) is 0 Å². The molecule has 2 aromatic rings. The highest BCUT2D eigenvalue weighted by Gasteiger charge is 2.23. The predicted octanol–water partition coefficient (Wildman–Crippen LogP) is 5.28. The van der Waals surface area contributed by atoms with Crippen LogP contribution in [-0.2, 0) is 0 Å². The van der Waals surface area contributed by atoms with E-state index in [-0.39, 0.29) is 0 Å². The van der Waals surface area contributed by atoms with Crippen LogP contribution in [0.1, 0.15) is 0 Å². The van der Waals surface area contributed by atoms with E-state index < -0.39 is 50.6 Å². The summed E-state index contributed by atoms with van der Waals surface area (Å²) in [5.74, 6) is -9.90. The molecule has 0 unspecified atom stereocenters. The van der Waals surface area contributed by atoms with Crippen molar-refractivity contribution in [3.8, 4) is 11.5 Å². The molecule has 0 aliphatic rings. The molecular formula is C12H2Cl2F5O. The lowest BCUT2D eigenvalue weighted by Crippen LogP contribution is -2.00. The van der Waals surface area contributed by atoms with E-state index in [1.54, 1.807) is 0 Å². The quantitative estimate of drug-likeness (QED) is 0.414. The van der Waals surface area contributed by atoms with Crippen molar-refractivity contribution in [3.05, 3.63) is 57.3 Å². The highest BCUT2D eigenvalue weighted by molar-refractivity contribution is 6.43. The Morgan fingerprint density at radius 3 is 1.95 bits per heavy atom. The first kappa shape index (κ1) is 14.9. The largest absolute Gasteiger partial charge is 0.449 e. The molecule has 105 valence electrons. The fourth-order valence-electron chi connectivity index (χ4n) is 1.29. The summed E-state index contributed by atoms with van der Waals surface area (Å²) in [5.41, 5.74) is 0. The normalized spacial score (nSPS) is 10.8. The van der Waals surface area contributed by atoms with Crippen LogP contribution in [-0.4, -0.2) is 0 Å². The minimum absolute atomic E-state index is 0.471. The van der Waals surface area contributed by atoms with Crippen molar-refractivity contribution in [2.75, 3.05) is 0 Å². The number of benzene rings is 2. The van der Waals surface area contributed by atoms with E-state index in [9.17, 15) is 22.0 Å². The van der Waals surface area contributed by atoms with E-state index >= 15 is 0 Å². The second kappa shape index (κ2) is 5.46. The second-order valence-electron chi connectivity index (χ2n) is 3.49. The number of ether oxygens (including phenoxy) is 1. The van der Waals surface area contributed by atoms with E-state index in [4.69, 9.17) is 23.2 Å². The van der Waals surface area contributed by atoms with Gasteiger partial charge in [0.2, 0.25) is 17.4 Å². The van der Waals surface area contributed by atoms with Gasteiger partial charge in [0.1, 0.15) is 16.6 Å². The topological polar surface area (TPSA) is 9.23 Å². The molecule has 1 nitrogen and oxygen atoms in total. The Hall–Kier alpha value is -1.53. The minimum atomic E-state index is -1.81. The highest BCUT2D eigenvalue weighted by atomic mass is 35.5. The molecule has 0 spiro atoms. The molecule has 0 aliphatic carbocycles. The Labute approximate surface area is 119 Å². The summed E-state index contributed by atoms with van der Waals surface area (Å²) in [4.78, 5) is 0. The zero-order chi connectivity index (χ0) is 15.0. The highest BCUT2D eigenvalue weighted by Crippen LogP contribution is 2.38. The first-order valence-electron chi connectivity index (χ1n) is 4.89. The molecule has 0 bridgehead atoms. The molecule has 8 heteroatoms. The van der Waals surface area contributed by atoms with Crippen LogP contribution in [0.2, 0.25) is 10.0 Å². The molecule has 0 N–H and O–H groups in total. The van der Waals surface area contributed by atoms with Crippen LogP contribution in [0.4, 0.5) is 22.0 Å². The second-order valence-corrected chi connectivity index (χ2v) is 4.24. The molecule has 1 radical (unpaired) electrons. The Kier molecular flexibility index (Phi) is 4.06. The zero-order valence-corrected chi connectivity index (χ0v) is 10.7. The minimum Gasteiger partial charge on any atom is -0.449 e. The molecule has 0 aliphatic heterocycles. The number of hydrogen-bond acceptors (Lipinski definition) is 1. The molecule has 0 aromatic heterocycles. The standard InChI is InChI=1S/C12H2Cl2F5O/c13-8-4(15)1-2-7(9(8)14)20-12-10(18)5(16)3-6(17)11(12)19/h1-2H. The van der Waals surface area contributed by atoms with Gasteiger partial charge >= 0.3 is 0 Å². The van der Waals surface area contributed by atoms with E-state index in [2.05, 4.69) is 4.74 Å². The van der Waals surface area contributed by atoms with Gasteiger partial charge in [-0.25, -0.2) is 13.2 Å². The van der Waals surface area contributed by atoms with Gasteiger partial charge in [-0.05, 0) is 12.1 Å². The average Bonchev–Trinajstić information content (AvgIpc) is 2.41. The molecule has 0 saturated heterocycles. The van der Waals surface area contributed by atoms with Crippen molar-refractivity contribution in [2.45, 2.75) is 0 Å². The van der Waals surface area contributed by atoms with Crippen molar-refractivity contribution >= 4 is 23.2 Å². The van der Waals surface area contributed by atoms with Crippen LogP contribution in [0.15, 0.2) is 12.1 Å². The molecule has 2 rings (SSSR count). The van der Waals surface area contributed by atoms with Crippen molar-refractivity contribution in [1.29, 1.82) is 0 Å². The molecular weight excluding hydrogens is 326 g/mol. The average molecular weight is 328 g/mol. The third-order valence-corrected chi connectivity index (χ3v) is 3.06. The van der Waals surface area contributed by atoms with E-state index in [1.165, 1.54) is 6.07 Å². The molecule has 0 fully saturated rings. The molecule has 0 atom stereocenters. The van der Waals surface area contributed by atoms with E-state index in [0.717, 1.165) is 12.1 Å². The Morgan fingerprint density at radius 1 is 0.850 bits per heavy atom. The number of halogens is 7. The molecule has 0 heterocycles. The van der Waals surface area contributed by atoms with Gasteiger partial charge in [-0.3, -0.25) is 0 Å². The molecule has 20 heavy (non-hydrogen) atoms. The van der Waals surface area contributed by atoms with E-state index in [1.807, 2.05) is 0 Å². The summed E-state index contributed by atoms with van der Waals surface area (Å²) in [6, 6.07) is 2.89. The smallest absolute Gasteiger partial charge is 0.205 e. The first-order chi connectivity index (χ1) is 9.32. The molecule has 0 amide bonds. The monoisotopic (exact) mass is 327 g/mol. The van der Waals surface area contributed by atoms with Crippen molar-refractivity contribution in [2.24, 2.45) is 0 Å². The van der Waals surface area contributed by atoms with Crippen LogP contribution in [0, 0.1) is 35.2 Å². The third kappa shape index (κ3) is 2.53. The van der Waals surface area contributed by atoms with Gasteiger partial charge in [-0.15, -0.1) is 0 Å². The van der Waals surface area contributed by atoms with Gasteiger partial charge in [0.25, 0.3) is 0 Å².